The number of likely N-dealkylation sites (tertiary alicyclic amines) is 1. The highest BCUT2D eigenvalue weighted by molar-refractivity contribution is 7.08. The van der Waals surface area contributed by atoms with Crippen molar-refractivity contribution in [2.45, 2.75) is 33.2 Å². The minimum Gasteiger partial charge on any atom is -0.494 e. The molecule has 1 saturated heterocycles. The molecule has 1 aliphatic heterocycles. The maximum Gasteiger partial charge on any atom is 0.309 e. The van der Waals surface area contributed by atoms with Crippen molar-refractivity contribution in [3.05, 3.63) is 87.1 Å². The molecule has 0 amide bonds. The number of nitrogens with zero attached hydrogens (tertiary/aromatic N) is 1. The number of hydrogen-bond acceptors (Lipinski definition) is 4. The highest BCUT2D eigenvalue weighted by Gasteiger charge is 2.32. The van der Waals surface area contributed by atoms with E-state index in [1.165, 1.54) is 33.4 Å². The van der Waals surface area contributed by atoms with Crippen molar-refractivity contribution >= 4 is 29.0 Å². The van der Waals surface area contributed by atoms with Crippen LogP contribution in [0.1, 0.15) is 40.7 Å². The molecule has 4 nitrogen and oxygen atoms in total. The van der Waals surface area contributed by atoms with Crippen molar-refractivity contribution in [1.29, 1.82) is 0 Å². The summed E-state index contributed by atoms with van der Waals surface area (Å²) in [5.74, 6) is -0.0300. The minimum absolute atomic E-state index is 0.212. The molecule has 0 unspecified atom stereocenters. The van der Waals surface area contributed by atoms with Crippen LogP contribution in [0, 0.1) is 19.8 Å². The summed E-state index contributed by atoms with van der Waals surface area (Å²) in [6, 6.07) is 17.0. The van der Waals surface area contributed by atoms with Gasteiger partial charge in [-0.15, -0.1) is 0 Å². The standard InChI is InChI=1S/C28H31NO3S/c1-20-5-6-23(14-21(20)2)15-24(25-11-13-33-19-25)4-3-12-32-27-9-7-22(8-10-27)16-29-17-26(18-29)28(30)31/h5-11,13-15,19,26H,3-4,12,16-18H2,1-2H3,(H,30,31). The van der Waals surface area contributed by atoms with Gasteiger partial charge in [0.2, 0.25) is 0 Å². The number of rotatable bonds is 10. The molecule has 3 aromatic rings. The van der Waals surface area contributed by atoms with Crippen LogP contribution in [0.3, 0.4) is 0 Å². The molecule has 2 aromatic carbocycles. The molecule has 1 N–H and O–H groups in total. The molecule has 4 rings (SSSR count). The molecule has 0 radical (unpaired) electrons. The highest BCUT2D eigenvalue weighted by Crippen LogP contribution is 2.26. The van der Waals surface area contributed by atoms with Gasteiger partial charge in [-0.3, -0.25) is 9.69 Å². The lowest BCUT2D eigenvalue weighted by molar-refractivity contribution is -0.147. The van der Waals surface area contributed by atoms with Crippen LogP contribution in [0.5, 0.6) is 5.75 Å². The number of carboxylic acid groups (broad SMARTS) is 1. The zero-order valence-corrected chi connectivity index (χ0v) is 20.1. The fourth-order valence-electron chi connectivity index (χ4n) is 4.06. The lowest BCUT2D eigenvalue weighted by Gasteiger charge is -2.36. The second kappa shape index (κ2) is 10.8. The van der Waals surface area contributed by atoms with Crippen molar-refractivity contribution in [3.8, 4) is 5.75 Å². The van der Waals surface area contributed by atoms with Gasteiger partial charge in [-0.2, -0.15) is 11.3 Å². The number of aliphatic carboxylic acids is 1. The summed E-state index contributed by atoms with van der Waals surface area (Å²) in [7, 11) is 0. The predicted octanol–water partition coefficient (Wildman–Crippen LogP) is 6.28. The number of allylic oxidation sites excluding steroid dienone is 1. The largest absolute Gasteiger partial charge is 0.494 e. The topological polar surface area (TPSA) is 49.8 Å². The Morgan fingerprint density at radius 2 is 1.91 bits per heavy atom. The first-order chi connectivity index (χ1) is 16.0. The highest BCUT2D eigenvalue weighted by atomic mass is 32.1. The summed E-state index contributed by atoms with van der Waals surface area (Å²) in [6.07, 6.45) is 4.20. The average molecular weight is 462 g/mol. The Hall–Kier alpha value is -2.89. The normalized spacial score (nSPS) is 14.8. The Morgan fingerprint density at radius 3 is 2.58 bits per heavy atom. The molecule has 172 valence electrons. The zero-order valence-electron chi connectivity index (χ0n) is 19.3. The Bertz CT molecular complexity index is 1100. The van der Waals surface area contributed by atoms with E-state index in [-0.39, 0.29) is 5.92 Å². The zero-order chi connectivity index (χ0) is 23.2. The van der Waals surface area contributed by atoms with Crippen molar-refractivity contribution < 1.29 is 14.6 Å². The molecule has 0 atom stereocenters. The molecule has 0 spiro atoms. The summed E-state index contributed by atoms with van der Waals surface area (Å²) in [5, 5.41) is 13.3. The summed E-state index contributed by atoms with van der Waals surface area (Å²) < 4.78 is 5.99. The smallest absolute Gasteiger partial charge is 0.309 e. The molecular weight excluding hydrogens is 430 g/mol. The number of thiophene rings is 1. The van der Waals surface area contributed by atoms with Crippen molar-refractivity contribution in [1.82, 2.24) is 4.90 Å². The van der Waals surface area contributed by atoms with Gasteiger partial charge in [-0.25, -0.2) is 0 Å². The van der Waals surface area contributed by atoms with E-state index in [9.17, 15) is 4.79 Å². The van der Waals surface area contributed by atoms with Crippen molar-refractivity contribution in [2.75, 3.05) is 19.7 Å². The first-order valence-electron chi connectivity index (χ1n) is 11.5. The fourth-order valence-corrected chi connectivity index (χ4v) is 4.74. The van der Waals surface area contributed by atoms with Gasteiger partial charge in [0.15, 0.2) is 0 Å². The van der Waals surface area contributed by atoms with E-state index < -0.39 is 5.97 Å². The molecule has 1 fully saturated rings. The Balaban J connectivity index is 1.28. The Kier molecular flexibility index (Phi) is 7.63. The maximum atomic E-state index is 10.9. The van der Waals surface area contributed by atoms with Gasteiger partial charge in [0.05, 0.1) is 12.5 Å². The number of benzene rings is 2. The molecule has 0 aliphatic carbocycles. The Morgan fingerprint density at radius 1 is 1.12 bits per heavy atom. The van der Waals surface area contributed by atoms with Gasteiger partial charge in [0, 0.05) is 19.6 Å². The number of carboxylic acids is 1. The molecular formula is C28H31NO3S. The van der Waals surface area contributed by atoms with E-state index in [1.54, 1.807) is 11.3 Å². The molecule has 0 saturated carbocycles. The van der Waals surface area contributed by atoms with Crippen LogP contribution in [0.15, 0.2) is 59.3 Å². The van der Waals surface area contributed by atoms with Crippen molar-refractivity contribution in [3.63, 3.8) is 0 Å². The first-order valence-corrected chi connectivity index (χ1v) is 12.4. The van der Waals surface area contributed by atoms with E-state index in [1.807, 2.05) is 12.1 Å². The molecule has 0 bridgehead atoms. The fraction of sp³-hybridized carbons (Fsp3) is 0.321. The van der Waals surface area contributed by atoms with Gasteiger partial charge in [0.25, 0.3) is 0 Å². The molecule has 33 heavy (non-hydrogen) atoms. The summed E-state index contributed by atoms with van der Waals surface area (Å²) >= 11 is 1.73. The quantitative estimate of drug-likeness (QED) is 0.361. The second-order valence-corrected chi connectivity index (χ2v) is 9.63. The SMILES string of the molecule is Cc1ccc(C=C(CCCOc2ccc(CN3CC(C(=O)O)C3)cc2)c2ccsc2)cc1C. The van der Waals surface area contributed by atoms with Gasteiger partial charge in [-0.1, -0.05) is 36.4 Å². The summed E-state index contributed by atoms with van der Waals surface area (Å²) in [6.45, 7) is 7.03. The maximum absolute atomic E-state index is 10.9. The van der Waals surface area contributed by atoms with Crippen LogP contribution < -0.4 is 4.74 Å². The average Bonchev–Trinajstić information content (AvgIpc) is 3.30. The first kappa shape index (κ1) is 23.3. The van der Waals surface area contributed by atoms with Gasteiger partial charge >= 0.3 is 5.97 Å². The van der Waals surface area contributed by atoms with E-state index in [4.69, 9.17) is 9.84 Å². The summed E-state index contributed by atoms with van der Waals surface area (Å²) in [4.78, 5) is 13.1. The van der Waals surface area contributed by atoms with Gasteiger partial charge in [-0.05, 0) is 89.0 Å². The lowest BCUT2D eigenvalue weighted by Crippen LogP contribution is -2.49. The van der Waals surface area contributed by atoms with E-state index in [0.29, 0.717) is 19.7 Å². The van der Waals surface area contributed by atoms with Crippen LogP contribution >= 0.6 is 11.3 Å². The van der Waals surface area contributed by atoms with Crippen LogP contribution in [-0.2, 0) is 11.3 Å². The van der Waals surface area contributed by atoms with Crippen LogP contribution in [0.2, 0.25) is 0 Å². The predicted molar refractivity (Wildman–Crippen MR) is 136 cm³/mol. The summed E-state index contributed by atoms with van der Waals surface area (Å²) in [5.41, 5.74) is 7.69. The molecule has 5 heteroatoms. The second-order valence-electron chi connectivity index (χ2n) is 8.85. The monoisotopic (exact) mass is 461 g/mol. The lowest BCUT2D eigenvalue weighted by atomic mass is 9.99. The molecule has 1 aromatic heterocycles. The Labute approximate surface area is 200 Å². The van der Waals surface area contributed by atoms with Crippen LogP contribution in [0.25, 0.3) is 11.6 Å². The minimum atomic E-state index is -0.694. The van der Waals surface area contributed by atoms with E-state index in [0.717, 1.165) is 25.1 Å². The van der Waals surface area contributed by atoms with Gasteiger partial charge in [0.1, 0.15) is 5.75 Å². The molecule has 1 aliphatic rings. The van der Waals surface area contributed by atoms with Crippen LogP contribution in [0.4, 0.5) is 0 Å². The van der Waals surface area contributed by atoms with Gasteiger partial charge < -0.3 is 9.84 Å². The third kappa shape index (κ3) is 6.34. The number of hydrogen-bond donors (Lipinski definition) is 1. The number of carbonyl (C=O) groups is 1. The third-order valence-electron chi connectivity index (χ3n) is 6.26. The van der Waals surface area contributed by atoms with E-state index >= 15 is 0 Å². The third-order valence-corrected chi connectivity index (χ3v) is 6.94. The van der Waals surface area contributed by atoms with Crippen LogP contribution in [-0.4, -0.2) is 35.7 Å². The number of ether oxygens (including phenoxy) is 1. The van der Waals surface area contributed by atoms with E-state index in [2.05, 4.69) is 72.0 Å². The number of aryl methyl sites for hydroxylation is 2. The molecule has 2 heterocycles. The van der Waals surface area contributed by atoms with Crippen molar-refractivity contribution in [2.24, 2.45) is 5.92 Å².